The first kappa shape index (κ1) is 17.1. The fourth-order valence-corrected chi connectivity index (χ4v) is 2.13. The Morgan fingerprint density at radius 3 is 2.29 bits per heavy atom. The number of ether oxygens (including phenoxy) is 1. The zero-order chi connectivity index (χ0) is 16.1. The second kappa shape index (κ2) is 6.70. The van der Waals surface area contributed by atoms with E-state index in [0.29, 0.717) is 12.8 Å². The van der Waals surface area contributed by atoms with Crippen LogP contribution in [0.3, 0.4) is 0 Å². The van der Waals surface area contributed by atoms with Crippen LogP contribution in [0.1, 0.15) is 47.0 Å². The molecule has 0 saturated heterocycles. The lowest BCUT2D eigenvalue weighted by molar-refractivity contribution is -0.154. The lowest BCUT2D eigenvalue weighted by atomic mass is 9.88. The van der Waals surface area contributed by atoms with Gasteiger partial charge >= 0.3 is 5.97 Å². The zero-order valence-corrected chi connectivity index (χ0v) is 13.1. The Hall–Kier alpha value is -1.91. The Balaban J connectivity index is 2.58. The number of carbonyl (C=O) groups excluding carboxylic acids is 3. The maximum absolute atomic E-state index is 11.7. The minimum Gasteiger partial charge on any atom is -0.460 e. The van der Waals surface area contributed by atoms with E-state index in [1.165, 1.54) is 19.1 Å². The van der Waals surface area contributed by atoms with Crippen LogP contribution in [-0.2, 0) is 19.1 Å². The molecule has 5 nitrogen and oxygen atoms in total. The maximum Gasteiger partial charge on any atom is 0.306 e. The first-order chi connectivity index (χ1) is 9.62. The smallest absolute Gasteiger partial charge is 0.306 e. The van der Waals surface area contributed by atoms with Crippen molar-refractivity contribution < 1.29 is 19.1 Å². The molecule has 1 aliphatic rings. The highest BCUT2D eigenvalue weighted by Crippen LogP contribution is 2.22. The van der Waals surface area contributed by atoms with E-state index in [4.69, 9.17) is 4.74 Å². The summed E-state index contributed by atoms with van der Waals surface area (Å²) in [5.74, 6) is -0.556. The average molecular weight is 293 g/mol. The molecule has 0 aliphatic heterocycles. The van der Waals surface area contributed by atoms with Crippen LogP contribution in [-0.4, -0.2) is 28.8 Å². The normalized spacial score (nSPS) is 16.7. The van der Waals surface area contributed by atoms with Gasteiger partial charge in [0.25, 0.3) is 0 Å². The molecule has 5 heteroatoms. The number of allylic oxidation sites excluding steroid dienone is 2. The van der Waals surface area contributed by atoms with E-state index < -0.39 is 11.1 Å². The summed E-state index contributed by atoms with van der Waals surface area (Å²) in [7, 11) is 0. The van der Waals surface area contributed by atoms with E-state index in [2.05, 4.69) is 5.32 Å². The number of hydrogen-bond donors (Lipinski definition) is 1. The lowest BCUT2D eigenvalue weighted by Gasteiger charge is -2.30. The molecular weight excluding hydrogens is 270 g/mol. The third-order valence-electron chi connectivity index (χ3n) is 2.89. The van der Waals surface area contributed by atoms with Gasteiger partial charge in [0.1, 0.15) is 5.60 Å². The minimum atomic E-state index is -0.693. The SMILES string of the molecule is CC(=O)NC1(CCCC(=O)OC(C)(C)C)C=CC(=O)C=C1. The van der Waals surface area contributed by atoms with Crippen molar-refractivity contribution in [2.24, 2.45) is 0 Å². The fourth-order valence-electron chi connectivity index (χ4n) is 2.13. The van der Waals surface area contributed by atoms with Gasteiger partial charge in [0.2, 0.25) is 5.91 Å². The number of carbonyl (C=O) groups is 3. The van der Waals surface area contributed by atoms with Gasteiger partial charge < -0.3 is 10.1 Å². The molecule has 1 N–H and O–H groups in total. The lowest BCUT2D eigenvalue weighted by Crippen LogP contribution is -2.45. The van der Waals surface area contributed by atoms with Crippen molar-refractivity contribution in [2.45, 2.75) is 58.1 Å². The van der Waals surface area contributed by atoms with Crippen LogP contribution in [0.25, 0.3) is 0 Å². The molecule has 0 radical (unpaired) electrons. The summed E-state index contributed by atoms with van der Waals surface area (Å²) in [6.45, 7) is 6.89. The molecule has 0 aromatic rings. The van der Waals surface area contributed by atoms with Crippen LogP contribution < -0.4 is 5.32 Å². The second-order valence-electron chi connectivity index (χ2n) is 6.23. The quantitative estimate of drug-likeness (QED) is 0.788. The van der Waals surface area contributed by atoms with Gasteiger partial charge in [-0.05, 0) is 45.8 Å². The number of esters is 1. The summed E-state index contributed by atoms with van der Waals surface area (Å²) < 4.78 is 5.24. The topological polar surface area (TPSA) is 72.5 Å². The fraction of sp³-hybridized carbons (Fsp3) is 0.562. The summed E-state index contributed by atoms with van der Waals surface area (Å²) >= 11 is 0. The van der Waals surface area contributed by atoms with E-state index in [9.17, 15) is 14.4 Å². The molecule has 1 aliphatic carbocycles. The number of rotatable bonds is 5. The summed E-state index contributed by atoms with van der Waals surface area (Å²) in [6.07, 6.45) is 7.57. The van der Waals surface area contributed by atoms with Gasteiger partial charge in [0.05, 0.1) is 5.54 Å². The third kappa shape index (κ3) is 6.38. The Morgan fingerprint density at radius 2 is 1.81 bits per heavy atom. The summed E-state index contributed by atoms with van der Waals surface area (Å²) in [4.78, 5) is 34.2. The summed E-state index contributed by atoms with van der Waals surface area (Å²) in [6, 6.07) is 0. The van der Waals surface area contributed by atoms with Gasteiger partial charge in [-0.15, -0.1) is 0 Å². The Bertz CT molecular complexity index is 467. The van der Waals surface area contributed by atoms with E-state index in [1.807, 2.05) is 20.8 Å². The molecule has 1 rings (SSSR count). The van der Waals surface area contributed by atoms with Crippen LogP contribution in [0.15, 0.2) is 24.3 Å². The van der Waals surface area contributed by atoms with Crippen LogP contribution in [0.2, 0.25) is 0 Å². The molecule has 116 valence electrons. The van der Waals surface area contributed by atoms with Crippen molar-refractivity contribution in [1.29, 1.82) is 0 Å². The molecule has 0 aromatic carbocycles. The number of amides is 1. The molecule has 0 aromatic heterocycles. The molecule has 1 amide bonds. The molecule has 0 heterocycles. The first-order valence-electron chi connectivity index (χ1n) is 7.05. The van der Waals surface area contributed by atoms with Gasteiger partial charge in [-0.2, -0.15) is 0 Å². The molecule has 0 unspecified atom stereocenters. The molecule has 0 atom stereocenters. The largest absolute Gasteiger partial charge is 0.460 e. The monoisotopic (exact) mass is 293 g/mol. The van der Waals surface area contributed by atoms with E-state index in [-0.39, 0.29) is 24.1 Å². The predicted octanol–water partition coefficient (Wildman–Crippen LogP) is 2.07. The van der Waals surface area contributed by atoms with E-state index in [0.717, 1.165) is 0 Å². The standard InChI is InChI=1S/C16H23NO4/c1-12(18)17-16(10-7-13(19)8-11-16)9-5-6-14(20)21-15(2,3)4/h7-8,10-11H,5-6,9H2,1-4H3,(H,17,18). The van der Waals surface area contributed by atoms with Gasteiger partial charge in [-0.25, -0.2) is 0 Å². The van der Waals surface area contributed by atoms with Crippen molar-refractivity contribution in [3.8, 4) is 0 Å². The minimum absolute atomic E-state index is 0.108. The van der Waals surface area contributed by atoms with Crippen molar-refractivity contribution in [2.75, 3.05) is 0 Å². The molecule has 0 fully saturated rings. The molecule has 0 spiro atoms. The highest BCUT2D eigenvalue weighted by atomic mass is 16.6. The van der Waals surface area contributed by atoms with Gasteiger partial charge in [-0.1, -0.05) is 12.2 Å². The predicted molar refractivity (Wildman–Crippen MR) is 79.5 cm³/mol. The van der Waals surface area contributed by atoms with Gasteiger partial charge in [0.15, 0.2) is 5.78 Å². The van der Waals surface area contributed by atoms with Crippen LogP contribution in [0.5, 0.6) is 0 Å². The molecule has 0 saturated carbocycles. The third-order valence-corrected chi connectivity index (χ3v) is 2.89. The van der Waals surface area contributed by atoms with Crippen molar-refractivity contribution >= 4 is 17.7 Å². The van der Waals surface area contributed by atoms with Crippen molar-refractivity contribution in [3.05, 3.63) is 24.3 Å². The number of ketones is 1. The first-order valence-corrected chi connectivity index (χ1v) is 7.05. The molecular formula is C16H23NO4. The van der Waals surface area contributed by atoms with Crippen LogP contribution in [0, 0.1) is 0 Å². The van der Waals surface area contributed by atoms with E-state index >= 15 is 0 Å². The average Bonchev–Trinajstić information content (AvgIpc) is 2.30. The second-order valence-corrected chi connectivity index (χ2v) is 6.23. The Kier molecular flexibility index (Phi) is 5.47. The summed E-state index contributed by atoms with van der Waals surface area (Å²) in [5.41, 5.74) is -1.19. The van der Waals surface area contributed by atoms with Crippen LogP contribution >= 0.6 is 0 Å². The van der Waals surface area contributed by atoms with Crippen molar-refractivity contribution in [3.63, 3.8) is 0 Å². The number of hydrogen-bond acceptors (Lipinski definition) is 4. The Morgan fingerprint density at radius 1 is 1.24 bits per heavy atom. The van der Waals surface area contributed by atoms with Gasteiger partial charge in [-0.3, -0.25) is 14.4 Å². The summed E-state index contributed by atoms with van der Waals surface area (Å²) in [5, 5.41) is 2.82. The zero-order valence-electron chi connectivity index (χ0n) is 13.1. The van der Waals surface area contributed by atoms with Crippen LogP contribution in [0.4, 0.5) is 0 Å². The highest BCUT2D eigenvalue weighted by Gasteiger charge is 2.27. The Labute approximate surface area is 125 Å². The maximum atomic E-state index is 11.7. The van der Waals surface area contributed by atoms with Gasteiger partial charge in [0, 0.05) is 13.3 Å². The van der Waals surface area contributed by atoms with Crippen molar-refractivity contribution in [1.82, 2.24) is 5.32 Å². The number of nitrogens with one attached hydrogen (secondary N) is 1. The van der Waals surface area contributed by atoms with E-state index in [1.54, 1.807) is 12.2 Å². The molecule has 0 bridgehead atoms. The highest BCUT2D eigenvalue weighted by molar-refractivity contribution is 6.00. The molecule has 21 heavy (non-hydrogen) atoms.